The van der Waals surface area contributed by atoms with Gasteiger partial charge in [0.15, 0.2) is 0 Å². The van der Waals surface area contributed by atoms with Gasteiger partial charge in [0.25, 0.3) is 5.91 Å². The Morgan fingerprint density at radius 3 is 2.44 bits per heavy atom. The van der Waals surface area contributed by atoms with Crippen LogP contribution in [-0.4, -0.2) is 13.0 Å². The highest BCUT2D eigenvalue weighted by molar-refractivity contribution is 5.95. The van der Waals surface area contributed by atoms with Crippen molar-refractivity contribution in [3.63, 3.8) is 0 Å². The Bertz CT molecular complexity index is 965. The first-order valence-corrected chi connectivity index (χ1v) is 8.36. The number of benzene rings is 3. The van der Waals surface area contributed by atoms with E-state index in [4.69, 9.17) is 14.7 Å². The summed E-state index contributed by atoms with van der Waals surface area (Å²) in [6.07, 6.45) is -0.869. The van der Waals surface area contributed by atoms with Crippen molar-refractivity contribution in [1.82, 2.24) is 0 Å². The molecule has 0 unspecified atom stereocenters. The molecule has 0 radical (unpaired) electrons. The van der Waals surface area contributed by atoms with E-state index in [1.54, 1.807) is 55.6 Å². The van der Waals surface area contributed by atoms with Gasteiger partial charge in [-0.1, -0.05) is 42.5 Å². The molecule has 0 saturated carbocycles. The zero-order valence-electron chi connectivity index (χ0n) is 14.8. The number of methoxy groups -OCH3 is 1. The molecule has 0 saturated heterocycles. The Morgan fingerprint density at radius 1 is 0.963 bits per heavy atom. The van der Waals surface area contributed by atoms with Gasteiger partial charge in [0.05, 0.1) is 18.7 Å². The predicted molar refractivity (Wildman–Crippen MR) is 103 cm³/mol. The van der Waals surface area contributed by atoms with Gasteiger partial charge in [0.2, 0.25) is 6.10 Å². The lowest BCUT2D eigenvalue weighted by Crippen LogP contribution is -2.25. The van der Waals surface area contributed by atoms with E-state index in [2.05, 4.69) is 11.4 Å². The molecule has 5 nitrogen and oxygen atoms in total. The largest absolute Gasteiger partial charge is 0.497 e. The van der Waals surface area contributed by atoms with E-state index < -0.39 is 6.10 Å². The van der Waals surface area contributed by atoms with Crippen LogP contribution < -0.4 is 14.8 Å². The van der Waals surface area contributed by atoms with Gasteiger partial charge in [-0.25, -0.2) is 0 Å². The summed E-state index contributed by atoms with van der Waals surface area (Å²) in [5.74, 6) is 0.771. The molecule has 134 valence electrons. The maximum absolute atomic E-state index is 12.9. The van der Waals surface area contributed by atoms with Crippen molar-refractivity contribution in [1.29, 1.82) is 5.26 Å². The molecule has 27 heavy (non-hydrogen) atoms. The van der Waals surface area contributed by atoms with E-state index in [0.29, 0.717) is 28.3 Å². The van der Waals surface area contributed by atoms with Gasteiger partial charge < -0.3 is 14.8 Å². The third kappa shape index (κ3) is 4.65. The molecule has 3 aromatic rings. The number of hydrogen-bond acceptors (Lipinski definition) is 4. The van der Waals surface area contributed by atoms with Crippen molar-refractivity contribution < 1.29 is 14.3 Å². The number of anilines is 1. The summed E-state index contributed by atoms with van der Waals surface area (Å²) in [4.78, 5) is 12.9. The van der Waals surface area contributed by atoms with Crippen LogP contribution in [0.2, 0.25) is 0 Å². The van der Waals surface area contributed by atoms with E-state index in [9.17, 15) is 4.79 Å². The molecule has 3 rings (SSSR count). The number of carbonyl (C=O) groups is 1. The summed E-state index contributed by atoms with van der Waals surface area (Å²) in [5.41, 5.74) is 1.78. The number of nitrogens with zero attached hydrogens (tertiary/aromatic N) is 1. The maximum atomic E-state index is 12.9. The van der Waals surface area contributed by atoms with Crippen LogP contribution in [0.5, 0.6) is 11.5 Å². The highest BCUT2D eigenvalue weighted by Gasteiger charge is 2.23. The third-order valence-corrected chi connectivity index (χ3v) is 3.89. The molecule has 5 heteroatoms. The second-order valence-electron chi connectivity index (χ2n) is 5.77. The monoisotopic (exact) mass is 358 g/mol. The van der Waals surface area contributed by atoms with Gasteiger partial charge in [-0.05, 0) is 30.3 Å². The Labute approximate surface area is 157 Å². The Hall–Kier alpha value is -3.78. The van der Waals surface area contributed by atoms with Crippen molar-refractivity contribution in [3.05, 3.63) is 90.0 Å². The molecule has 0 spiro atoms. The molecule has 0 bridgehead atoms. The highest BCUT2D eigenvalue weighted by Crippen LogP contribution is 2.25. The average molecular weight is 358 g/mol. The number of ether oxygens (including phenoxy) is 2. The van der Waals surface area contributed by atoms with Crippen molar-refractivity contribution in [2.75, 3.05) is 12.4 Å². The maximum Gasteiger partial charge on any atom is 0.270 e. The topological polar surface area (TPSA) is 71.3 Å². The van der Waals surface area contributed by atoms with Crippen LogP contribution in [0.3, 0.4) is 0 Å². The fourth-order valence-corrected chi connectivity index (χ4v) is 2.58. The zero-order chi connectivity index (χ0) is 19.1. The van der Waals surface area contributed by atoms with Gasteiger partial charge in [-0.3, -0.25) is 4.79 Å². The van der Waals surface area contributed by atoms with Crippen LogP contribution in [0, 0.1) is 11.3 Å². The van der Waals surface area contributed by atoms with Crippen LogP contribution in [0.4, 0.5) is 5.69 Å². The summed E-state index contributed by atoms with van der Waals surface area (Å²) in [5, 5.41) is 11.9. The van der Waals surface area contributed by atoms with Crippen LogP contribution in [0.15, 0.2) is 78.9 Å². The molecule has 1 atom stereocenters. The fraction of sp³-hybridized carbons (Fsp3) is 0.0909. The van der Waals surface area contributed by atoms with E-state index >= 15 is 0 Å². The van der Waals surface area contributed by atoms with E-state index in [1.807, 2.05) is 30.3 Å². The number of rotatable bonds is 6. The Kier molecular flexibility index (Phi) is 5.70. The van der Waals surface area contributed by atoms with E-state index in [0.717, 1.165) is 0 Å². The lowest BCUT2D eigenvalue weighted by Gasteiger charge is -2.19. The summed E-state index contributed by atoms with van der Waals surface area (Å²) >= 11 is 0. The number of carbonyl (C=O) groups excluding carboxylic acids is 1. The summed E-state index contributed by atoms with van der Waals surface area (Å²) in [6.45, 7) is 0. The molecule has 0 aromatic heterocycles. The fourth-order valence-electron chi connectivity index (χ4n) is 2.58. The number of nitrogens with one attached hydrogen (secondary N) is 1. The first kappa shape index (κ1) is 18.0. The first-order valence-electron chi connectivity index (χ1n) is 8.36. The van der Waals surface area contributed by atoms with E-state index in [-0.39, 0.29) is 5.91 Å². The van der Waals surface area contributed by atoms with Gasteiger partial charge >= 0.3 is 0 Å². The van der Waals surface area contributed by atoms with Crippen LogP contribution in [0.1, 0.15) is 17.2 Å². The average Bonchev–Trinajstić information content (AvgIpc) is 2.73. The minimum absolute atomic E-state index is 0.322. The number of hydrogen-bond donors (Lipinski definition) is 1. The van der Waals surface area contributed by atoms with Crippen molar-refractivity contribution in [3.8, 4) is 17.6 Å². The standard InChI is InChI=1S/C22H18N2O3/c1-26-19-11-6-10-18(14-19)24-22(25)21(17-8-3-2-4-9-17)27-20-12-5-7-16(13-20)15-23/h2-14,21H,1H3,(H,24,25)/t21-/m1/s1. The summed E-state index contributed by atoms with van der Waals surface area (Å²) in [7, 11) is 1.57. The van der Waals surface area contributed by atoms with E-state index in [1.165, 1.54) is 0 Å². The smallest absolute Gasteiger partial charge is 0.270 e. The Morgan fingerprint density at radius 2 is 1.70 bits per heavy atom. The lowest BCUT2D eigenvalue weighted by atomic mass is 10.1. The molecule has 1 N–H and O–H groups in total. The molecule has 0 aliphatic carbocycles. The lowest BCUT2D eigenvalue weighted by molar-refractivity contribution is -0.123. The normalized spacial score (nSPS) is 11.1. The molecule has 0 aliphatic heterocycles. The van der Waals surface area contributed by atoms with Gasteiger partial charge in [0, 0.05) is 17.3 Å². The van der Waals surface area contributed by atoms with Gasteiger partial charge in [-0.15, -0.1) is 0 Å². The van der Waals surface area contributed by atoms with Crippen LogP contribution >= 0.6 is 0 Å². The second-order valence-corrected chi connectivity index (χ2v) is 5.77. The Balaban J connectivity index is 1.87. The highest BCUT2D eigenvalue weighted by atomic mass is 16.5. The third-order valence-electron chi connectivity index (χ3n) is 3.89. The van der Waals surface area contributed by atoms with Gasteiger partial charge in [0.1, 0.15) is 11.5 Å². The molecular formula is C22H18N2O3. The minimum Gasteiger partial charge on any atom is -0.497 e. The van der Waals surface area contributed by atoms with Crippen LogP contribution in [0.25, 0.3) is 0 Å². The molecule has 0 fully saturated rings. The second kappa shape index (κ2) is 8.54. The number of nitriles is 1. The minimum atomic E-state index is -0.869. The molecular weight excluding hydrogens is 340 g/mol. The van der Waals surface area contributed by atoms with Crippen LogP contribution in [-0.2, 0) is 4.79 Å². The summed E-state index contributed by atoms with van der Waals surface area (Å²) in [6, 6.07) is 25.1. The summed E-state index contributed by atoms with van der Waals surface area (Å²) < 4.78 is 11.1. The van der Waals surface area contributed by atoms with Gasteiger partial charge in [-0.2, -0.15) is 5.26 Å². The predicted octanol–water partition coefficient (Wildman–Crippen LogP) is 4.33. The van der Waals surface area contributed by atoms with Crippen molar-refractivity contribution in [2.24, 2.45) is 0 Å². The molecule has 0 aliphatic rings. The quantitative estimate of drug-likeness (QED) is 0.712. The van der Waals surface area contributed by atoms with Crippen molar-refractivity contribution >= 4 is 11.6 Å². The molecule has 1 amide bonds. The first-order chi connectivity index (χ1) is 13.2. The van der Waals surface area contributed by atoms with Crippen molar-refractivity contribution in [2.45, 2.75) is 6.10 Å². The SMILES string of the molecule is COc1cccc(NC(=O)[C@H](Oc2cccc(C#N)c2)c2ccccc2)c1. The molecule has 3 aromatic carbocycles. The molecule has 0 heterocycles. The number of amides is 1. The zero-order valence-corrected chi connectivity index (χ0v) is 14.8.